The molecule has 0 spiro atoms. The molecule has 0 aromatic carbocycles. The molecule has 0 fully saturated rings. The van der Waals surface area contributed by atoms with Gasteiger partial charge in [-0.05, 0) is 10.4 Å². The summed E-state index contributed by atoms with van der Waals surface area (Å²) in [5.41, 5.74) is -0.684. The van der Waals surface area contributed by atoms with Gasteiger partial charge < -0.3 is 0 Å². The Morgan fingerprint density at radius 3 is 2.90 bits per heavy atom. The van der Waals surface area contributed by atoms with E-state index in [0.29, 0.717) is 4.68 Å². The molecule has 0 aliphatic carbocycles. The molecule has 0 saturated heterocycles. The molecule has 1 rings (SSSR count). The molecule has 0 amide bonds. The van der Waals surface area contributed by atoms with Gasteiger partial charge in [-0.25, -0.2) is 9.89 Å². The van der Waals surface area contributed by atoms with Crippen LogP contribution >= 0.6 is 0 Å². The highest BCUT2D eigenvalue weighted by atomic mass is 16.6. The Balaban J connectivity index is 2.85. The monoisotopic (exact) mass is 145 g/mol. The molecule has 0 unspecified atom stereocenters. The first-order valence-electron chi connectivity index (χ1n) is 2.30. The van der Waals surface area contributed by atoms with Gasteiger partial charge in [-0.3, -0.25) is 10.1 Å². The molecule has 54 valence electrons. The van der Waals surface area contributed by atoms with E-state index in [2.05, 4.69) is 10.4 Å². The average molecular weight is 145 g/mol. The number of hydrogen-bond donors (Lipinski definition) is 1. The lowest BCUT2D eigenvalue weighted by molar-refractivity contribution is -0.516. The van der Waals surface area contributed by atoms with E-state index in [1.807, 2.05) is 5.10 Å². The van der Waals surface area contributed by atoms with Crippen molar-refractivity contribution in [2.75, 3.05) is 0 Å². The first kappa shape index (κ1) is 6.39. The molecule has 8 heteroatoms. The molecule has 1 aromatic rings. The van der Waals surface area contributed by atoms with Gasteiger partial charge in [0.05, 0.1) is 0 Å². The second kappa shape index (κ2) is 2.25. The van der Waals surface area contributed by atoms with Crippen molar-refractivity contribution in [1.82, 2.24) is 20.2 Å². The lowest BCUT2D eigenvalue weighted by Gasteiger charge is -1.85. The fraction of sp³-hybridized carbons (Fsp3) is 0.500. The van der Waals surface area contributed by atoms with Crippen LogP contribution in [-0.4, -0.2) is 25.1 Å². The third-order valence-electron chi connectivity index (χ3n) is 0.782. The van der Waals surface area contributed by atoms with E-state index >= 15 is 0 Å². The zero-order valence-corrected chi connectivity index (χ0v) is 4.72. The zero-order valence-electron chi connectivity index (χ0n) is 4.72. The number of aromatic nitrogens is 4. The summed E-state index contributed by atoms with van der Waals surface area (Å²) in [5, 5.41) is 17.9. The molecular weight excluding hydrogens is 142 g/mol. The molecule has 0 saturated carbocycles. The first-order chi connectivity index (χ1) is 4.70. The van der Waals surface area contributed by atoms with Gasteiger partial charge in [0.25, 0.3) is 0 Å². The van der Waals surface area contributed by atoms with Crippen LogP contribution < -0.4 is 5.69 Å². The van der Waals surface area contributed by atoms with Gasteiger partial charge in [-0.2, -0.15) is 0 Å². The quantitative estimate of drug-likeness (QED) is 0.390. The van der Waals surface area contributed by atoms with E-state index in [9.17, 15) is 14.9 Å². The highest BCUT2D eigenvalue weighted by Gasteiger charge is 2.03. The topological polar surface area (TPSA) is 107 Å². The smallest absolute Gasteiger partial charge is 0.263 e. The Morgan fingerprint density at radius 2 is 2.50 bits per heavy atom. The summed E-state index contributed by atoms with van der Waals surface area (Å²) in [5.74, 6) is 0. The molecule has 0 aliphatic rings. The fourth-order valence-electron chi connectivity index (χ4n) is 0.419. The van der Waals surface area contributed by atoms with Gasteiger partial charge in [-0.1, -0.05) is 0 Å². The van der Waals surface area contributed by atoms with Gasteiger partial charge in [0.2, 0.25) is 0 Å². The van der Waals surface area contributed by atoms with Crippen molar-refractivity contribution in [1.29, 1.82) is 0 Å². The molecule has 1 aromatic heterocycles. The van der Waals surface area contributed by atoms with Gasteiger partial charge in [-0.15, -0.1) is 4.68 Å². The standard InChI is InChI=1S/C2H3N5O3/c8-2-3-4-5-6(2)1-7(9)10/h1H2,(H,3,5,8). The Hall–Kier alpha value is -1.73. The largest absolute Gasteiger partial charge is 0.366 e. The molecule has 1 heterocycles. The Kier molecular flexibility index (Phi) is 1.44. The van der Waals surface area contributed by atoms with Crippen LogP contribution in [0, 0.1) is 10.1 Å². The molecule has 0 aliphatic heterocycles. The van der Waals surface area contributed by atoms with Crippen LogP contribution in [0.3, 0.4) is 0 Å². The lowest BCUT2D eigenvalue weighted by Crippen LogP contribution is -2.22. The second-order valence-electron chi connectivity index (χ2n) is 1.48. The number of tetrazole rings is 1. The van der Waals surface area contributed by atoms with Crippen LogP contribution in [0.2, 0.25) is 0 Å². The average Bonchev–Trinajstić information content (AvgIpc) is 2.15. The lowest BCUT2D eigenvalue weighted by atomic mass is 11.0. The summed E-state index contributed by atoms with van der Waals surface area (Å²) < 4.78 is 0.611. The van der Waals surface area contributed by atoms with Crippen molar-refractivity contribution in [2.45, 2.75) is 6.67 Å². The van der Waals surface area contributed by atoms with Gasteiger partial charge >= 0.3 is 12.4 Å². The van der Waals surface area contributed by atoms with Crippen molar-refractivity contribution in [2.24, 2.45) is 0 Å². The minimum Gasteiger partial charge on any atom is -0.263 e. The van der Waals surface area contributed by atoms with Gasteiger partial charge in [0.15, 0.2) is 0 Å². The Morgan fingerprint density at radius 1 is 1.80 bits per heavy atom. The summed E-state index contributed by atoms with van der Waals surface area (Å²) in [6, 6.07) is 0. The summed E-state index contributed by atoms with van der Waals surface area (Å²) in [6.45, 7) is -0.657. The number of hydrogen-bond acceptors (Lipinski definition) is 5. The van der Waals surface area contributed by atoms with Gasteiger partial charge in [0.1, 0.15) is 0 Å². The summed E-state index contributed by atoms with van der Waals surface area (Å²) >= 11 is 0. The van der Waals surface area contributed by atoms with Crippen molar-refractivity contribution >= 4 is 0 Å². The fourth-order valence-corrected chi connectivity index (χ4v) is 0.419. The molecular formula is C2H3N5O3. The van der Waals surface area contributed by atoms with Gasteiger partial charge in [0, 0.05) is 4.92 Å². The predicted octanol–water partition coefficient (Wildman–Crippen LogP) is -1.80. The molecule has 0 bridgehead atoms. The molecule has 0 radical (unpaired) electrons. The van der Waals surface area contributed by atoms with Crippen molar-refractivity contribution < 1.29 is 4.92 Å². The van der Waals surface area contributed by atoms with Crippen molar-refractivity contribution in [3.8, 4) is 0 Å². The van der Waals surface area contributed by atoms with E-state index in [4.69, 9.17) is 0 Å². The van der Waals surface area contributed by atoms with Crippen LogP contribution in [0.1, 0.15) is 0 Å². The minimum absolute atomic E-state index is 0.611. The van der Waals surface area contributed by atoms with Crippen molar-refractivity contribution in [3.63, 3.8) is 0 Å². The van der Waals surface area contributed by atoms with Crippen LogP contribution in [0.5, 0.6) is 0 Å². The Labute approximate surface area is 53.6 Å². The normalized spacial score (nSPS) is 9.60. The number of aromatic amines is 1. The van der Waals surface area contributed by atoms with Crippen LogP contribution in [-0.2, 0) is 6.67 Å². The van der Waals surface area contributed by atoms with E-state index < -0.39 is 17.3 Å². The number of nitrogens with one attached hydrogen (secondary N) is 1. The molecule has 1 N–H and O–H groups in total. The summed E-state index contributed by atoms with van der Waals surface area (Å²) in [6.07, 6.45) is 0. The van der Waals surface area contributed by atoms with E-state index in [1.54, 1.807) is 0 Å². The second-order valence-corrected chi connectivity index (χ2v) is 1.48. The SMILES string of the molecule is O=c1[nH]nnn1C[N+](=O)[O-]. The highest BCUT2D eigenvalue weighted by Crippen LogP contribution is 1.70. The minimum atomic E-state index is -0.684. The first-order valence-corrected chi connectivity index (χ1v) is 2.30. The number of nitro groups is 1. The van der Waals surface area contributed by atoms with E-state index in [1.165, 1.54) is 0 Å². The molecule has 10 heavy (non-hydrogen) atoms. The molecule has 0 atom stereocenters. The number of rotatable bonds is 2. The van der Waals surface area contributed by atoms with Crippen LogP contribution in [0.15, 0.2) is 4.79 Å². The summed E-state index contributed by atoms with van der Waals surface area (Å²) in [7, 11) is 0. The molecule has 8 nitrogen and oxygen atoms in total. The van der Waals surface area contributed by atoms with Crippen LogP contribution in [0.25, 0.3) is 0 Å². The third kappa shape index (κ3) is 1.16. The number of nitrogens with zero attached hydrogens (tertiary/aromatic N) is 4. The maximum Gasteiger partial charge on any atom is 0.366 e. The van der Waals surface area contributed by atoms with Crippen molar-refractivity contribution in [3.05, 3.63) is 20.6 Å². The van der Waals surface area contributed by atoms with E-state index in [-0.39, 0.29) is 0 Å². The van der Waals surface area contributed by atoms with E-state index in [0.717, 1.165) is 0 Å². The van der Waals surface area contributed by atoms with Crippen LogP contribution in [0.4, 0.5) is 0 Å². The number of H-pyrrole nitrogens is 1. The highest BCUT2D eigenvalue weighted by molar-refractivity contribution is 4.46. The predicted molar refractivity (Wildman–Crippen MR) is 27.6 cm³/mol. The zero-order chi connectivity index (χ0) is 7.56. The maximum atomic E-state index is 10.4. The third-order valence-corrected chi connectivity index (χ3v) is 0.782. The summed E-state index contributed by atoms with van der Waals surface area (Å²) in [4.78, 5) is 19.5. The maximum absolute atomic E-state index is 10.4. The Bertz CT molecular complexity index is 285.